The third kappa shape index (κ3) is 9.07. The molecule has 2 saturated heterocycles. The largest absolute Gasteiger partial charge is 0.459 e. The number of likely N-dealkylation sites (N-methyl/N-ethyl adjacent to an activating group) is 1. The molecule has 0 amide bonds. The summed E-state index contributed by atoms with van der Waals surface area (Å²) >= 11 is 0. The van der Waals surface area contributed by atoms with Crippen LogP contribution in [0.2, 0.25) is 0 Å². The van der Waals surface area contributed by atoms with Crippen LogP contribution in [0.3, 0.4) is 0 Å². The van der Waals surface area contributed by atoms with Crippen molar-refractivity contribution in [2.24, 2.45) is 23.7 Å². The SMILES string of the molecule is C#CCO[C@@]1(C)C[C@@H](C)C(=O)[C@H](C)C(O)[C@](C)(O)[C@@H](CC)OC(=O)[C@H](C)C(O)[C@H](C)C1OC1O[C@H](C)CC(N(C)C)C1OC(C)=O. The van der Waals surface area contributed by atoms with Crippen LogP contribution in [0, 0.1) is 36.0 Å². The molecular formula is C34H57NO11. The smallest absolute Gasteiger partial charge is 0.311 e. The Kier molecular flexibility index (Phi) is 14.2. The van der Waals surface area contributed by atoms with E-state index in [2.05, 4.69) is 5.92 Å². The third-order valence-electron chi connectivity index (χ3n) is 9.82. The van der Waals surface area contributed by atoms with Gasteiger partial charge in [0.2, 0.25) is 0 Å². The monoisotopic (exact) mass is 655 g/mol. The molecule has 2 rings (SSSR count). The van der Waals surface area contributed by atoms with Gasteiger partial charge >= 0.3 is 11.9 Å². The van der Waals surface area contributed by atoms with Gasteiger partial charge < -0.3 is 43.9 Å². The summed E-state index contributed by atoms with van der Waals surface area (Å²) in [5.41, 5.74) is -3.33. The second kappa shape index (κ2) is 16.3. The molecule has 2 aliphatic rings. The van der Waals surface area contributed by atoms with Crippen molar-refractivity contribution in [2.75, 3.05) is 20.7 Å². The Balaban J connectivity index is 2.74. The highest BCUT2D eigenvalue weighted by molar-refractivity contribution is 5.83. The Morgan fingerprint density at radius 3 is 2.24 bits per heavy atom. The number of terminal acetylenes is 1. The first-order valence-corrected chi connectivity index (χ1v) is 16.3. The molecule has 0 bridgehead atoms. The molecule has 3 N–H and O–H groups in total. The highest BCUT2D eigenvalue weighted by Crippen LogP contribution is 2.40. The first-order valence-electron chi connectivity index (χ1n) is 16.3. The lowest BCUT2D eigenvalue weighted by atomic mass is 9.74. The predicted octanol–water partition coefficient (Wildman–Crippen LogP) is 2.09. The fourth-order valence-electron chi connectivity index (χ4n) is 7.04. The molecule has 2 fully saturated rings. The van der Waals surface area contributed by atoms with Gasteiger partial charge in [0.15, 0.2) is 12.4 Å². The number of carbonyl (C=O) groups excluding carboxylic acids is 3. The van der Waals surface area contributed by atoms with Crippen LogP contribution in [0.15, 0.2) is 0 Å². The van der Waals surface area contributed by atoms with Crippen LogP contribution in [0.1, 0.15) is 81.6 Å². The molecule has 0 spiro atoms. The highest BCUT2D eigenvalue weighted by atomic mass is 16.7. The van der Waals surface area contributed by atoms with Crippen LogP contribution in [0.25, 0.3) is 0 Å². The second-order valence-corrected chi connectivity index (χ2v) is 14.0. The standard InChI is InChI=1S/C34H57NO11/c1-13-15-42-33(9)17-18(3)26(37)20(5)29(39)34(10,41)25(14-2)45-31(40)22(7)27(38)21(6)30(33)46-32-28(44-23(8)36)24(35(11)12)16-19(4)43-32/h1,18-22,24-25,27-30,32,38-39,41H,14-17H2,2-12H3/t18-,19-,20+,21+,22-,24?,25-,27?,28?,29?,30?,32?,33+,34-/m1/s1. The van der Waals surface area contributed by atoms with Crippen LogP contribution in [-0.4, -0.2) is 119 Å². The Labute approximate surface area is 274 Å². The second-order valence-electron chi connectivity index (χ2n) is 14.0. The molecule has 6 unspecified atom stereocenters. The molecule has 0 aromatic heterocycles. The minimum absolute atomic E-state index is 0.0299. The number of carbonyl (C=O) groups is 3. The minimum atomic E-state index is -1.96. The first-order chi connectivity index (χ1) is 21.2. The number of hydrogen-bond acceptors (Lipinski definition) is 12. The van der Waals surface area contributed by atoms with Crippen LogP contribution in [0.4, 0.5) is 0 Å². The maximum atomic E-state index is 13.8. The Hall–Kier alpha value is -2.11. The zero-order valence-electron chi connectivity index (χ0n) is 29.4. The zero-order chi connectivity index (χ0) is 35.3. The van der Waals surface area contributed by atoms with Crippen molar-refractivity contribution in [1.29, 1.82) is 0 Å². The van der Waals surface area contributed by atoms with E-state index in [4.69, 9.17) is 30.1 Å². The van der Waals surface area contributed by atoms with Crippen molar-refractivity contribution in [3.05, 3.63) is 0 Å². The molecule has 12 nitrogen and oxygen atoms in total. The summed E-state index contributed by atoms with van der Waals surface area (Å²) < 4.78 is 30.6. The summed E-state index contributed by atoms with van der Waals surface area (Å²) in [6.07, 6.45) is -1.09. The van der Waals surface area contributed by atoms with Gasteiger partial charge in [-0.1, -0.05) is 33.6 Å². The van der Waals surface area contributed by atoms with E-state index in [1.807, 2.05) is 25.9 Å². The predicted molar refractivity (Wildman–Crippen MR) is 169 cm³/mol. The molecule has 0 saturated carbocycles. The number of rotatable bonds is 7. The molecular weight excluding hydrogens is 598 g/mol. The molecule has 2 heterocycles. The number of aliphatic hydroxyl groups excluding tert-OH is 2. The fourth-order valence-corrected chi connectivity index (χ4v) is 7.04. The van der Waals surface area contributed by atoms with E-state index in [1.54, 1.807) is 27.7 Å². The lowest BCUT2D eigenvalue weighted by Gasteiger charge is -2.48. The summed E-state index contributed by atoms with van der Waals surface area (Å²) in [4.78, 5) is 41.4. The molecule has 46 heavy (non-hydrogen) atoms. The van der Waals surface area contributed by atoms with Crippen LogP contribution in [-0.2, 0) is 38.1 Å². The van der Waals surface area contributed by atoms with Gasteiger partial charge in [-0.25, -0.2) is 0 Å². The number of hydrogen-bond donors (Lipinski definition) is 3. The van der Waals surface area contributed by atoms with Crippen LogP contribution < -0.4 is 0 Å². The topological polar surface area (TPSA) is 161 Å². The molecule has 0 aromatic rings. The number of cyclic esters (lactones) is 1. The maximum Gasteiger partial charge on any atom is 0.311 e. The van der Waals surface area contributed by atoms with Gasteiger partial charge in [0.05, 0.1) is 42.0 Å². The molecule has 2 aliphatic heterocycles. The summed E-state index contributed by atoms with van der Waals surface area (Å²) in [5.74, 6) is -2.99. The van der Waals surface area contributed by atoms with Gasteiger partial charge in [0.1, 0.15) is 24.1 Å². The van der Waals surface area contributed by atoms with Gasteiger partial charge in [0.25, 0.3) is 0 Å². The average molecular weight is 656 g/mol. The number of nitrogens with zero attached hydrogens (tertiary/aromatic N) is 1. The summed E-state index contributed by atoms with van der Waals surface area (Å²) in [7, 11) is 3.73. The zero-order valence-corrected chi connectivity index (χ0v) is 29.4. The molecule has 0 aromatic carbocycles. The Bertz CT molecular complexity index is 1090. The average Bonchev–Trinajstić information content (AvgIpc) is 2.98. The number of aliphatic hydroxyl groups is 3. The Morgan fingerprint density at radius 1 is 1.11 bits per heavy atom. The fraction of sp³-hybridized carbons (Fsp3) is 0.853. The lowest BCUT2D eigenvalue weighted by molar-refractivity contribution is -0.304. The molecule has 0 aliphatic carbocycles. The van der Waals surface area contributed by atoms with Gasteiger partial charge in [-0.15, -0.1) is 6.42 Å². The van der Waals surface area contributed by atoms with E-state index in [0.717, 1.165) is 0 Å². The minimum Gasteiger partial charge on any atom is -0.459 e. The van der Waals surface area contributed by atoms with E-state index >= 15 is 0 Å². The van der Waals surface area contributed by atoms with E-state index < -0.39 is 83.6 Å². The highest BCUT2D eigenvalue weighted by Gasteiger charge is 2.52. The van der Waals surface area contributed by atoms with Crippen molar-refractivity contribution >= 4 is 17.7 Å². The van der Waals surface area contributed by atoms with Gasteiger partial charge in [0, 0.05) is 24.7 Å². The van der Waals surface area contributed by atoms with Crippen LogP contribution in [0.5, 0.6) is 0 Å². The summed E-state index contributed by atoms with van der Waals surface area (Å²) in [6.45, 7) is 14.1. The van der Waals surface area contributed by atoms with Crippen LogP contribution >= 0.6 is 0 Å². The van der Waals surface area contributed by atoms with Crippen molar-refractivity contribution in [2.45, 2.75) is 142 Å². The first kappa shape index (κ1) is 40.1. The quantitative estimate of drug-likeness (QED) is 0.271. The number of Topliss-reactive ketones (excluding diaryl/α,β-unsaturated/α-hetero) is 1. The summed E-state index contributed by atoms with van der Waals surface area (Å²) in [5, 5.41) is 34.3. The van der Waals surface area contributed by atoms with Gasteiger partial charge in [-0.05, 0) is 61.1 Å². The molecule has 264 valence electrons. The normalized spacial score (nSPS) is 43.3. The molecule has 12 heteroatoms. The Morgan fingerprint density at radius 2 is 1.72 bits per heavy atom. The number of esters is 2. The molecule has 0 radical (unpaired) electrons. The third-order valence-corrected chi connectivity index (χ3v) is 9.82. The lowest BCUT2D eigenvalue weighted by Crippen LogP contribution is -2.61. The van der Waals surface area contributed by atoms with Crippen molar-refractivity contribution in [1.82, 2.24) is 4.90 Å². The van der Waals surface area contributed by atoms with Gasteiger partial charge in [-0.2, -0.15) is 0 Å². The number of ketones is 1. The van der Waals surface area contributed by atoms with E-state index in [0.29, 0.717) is 6.42 Å². The van der Waals surface area contributed by atoms with E-state index in [1.165, 1.54) is 27.7 Å². The maximum absolute atomic E-state index is 13.8. The van der Waals surface area contributed by atoms with Gasteiger partial charge in [-0.3, -0.25) is 14.4 Å². The van der Waals surface area contributed by atoms with Crippen molar-refractivity contribution < 1.29 is 53.4 Å². The van der Waals surface area contributed by atoms with E-state index in [-0.39, 0.29) is 37.4 Å². The molecule has 14 atom stereocenters. The number of ether oxygens (including phenoxy) is 5. The van der Waals surface area contributed by atoms with Crippen molar-refractivity contribution in [3.63, 3.8) is 0 Å². The summed E-state index contributed by atoms with van der Waals surface area (Å²) in [6, 6.07) is -0.273. The van der Waals surface area contributed by atoms with E-state index in [9.17, 15) is 29.7 Å². The van der Waals surface area contributed by atoms with Crippen molar-refractivity contribution in [3.8, 4) is 12.3 Å².